The minimum Gasteiger partial charge on any atom is -0.456 e. The fourth-order valence-electron chi connectivity index (χ4n) is 9.34. The Morgan fingerprint density at radius 1 is 0.353 bits per heavy atom. The minimum absolute atomic E-state index is 0.0633. The Morgan fingerprint density at radius 2 is 0.902 bits per heavy atom. The van der Waals surface area contributed by atoms with Gasteiger partial charge in [-0.15, -0.1) is 0 Å². The van der Waals surface area contributed by atoms with Gasteiger partial charge in [-0.2, -0.15) is 0 Å². The molecule has 2 heteroatoms. The van der Waals surface area contributed by atoms with Gasteiger partial charge in [-0.1, -0.05) is 117 Å². The summed E-state index contributed by atoms with van der Waals surface area (Å²) in [6.45, 7) is 4.64. The first-order valence-electron chi connectivity index (χ1n) is 17.7. The molecule has 9 aromatic carbocycles. The van der Waals surface area contributed by atoms with E-state index in [2.05, 4.69) is 147 Å². The van der Waals surface area contributed by atoms with Crippen LogP contribution in [-0.2, 0) is 5.41 Å². The second-order valence-corrected chi connectivity index (χ2v) is 14.8. The maximum atomic E-state index is 6.54. The van der Waals surface area contributed by atoms with Crippen LogP contribution in [0.15, 0.2) is 154 Å². The van der Waals surface area contributed by atoms with Crippen LogP contribution in [-0.4, -0.2) is 0 Å². The summed E-state index contributed by atoms with van der Waals surface area (Å²) in [6, 6.07) is 53.4. The van der Waals surface area contributed by atoms with Gasteiger partial charge in [-0.3, -0.25) is 0 Å². The van der Waals surface area contributed by atoms with Gasteiger partial charge >= 0.3 is 0 Å². The summed E-state index contributed by atoms with van der Waals surface area (Å²) in [5, 5.41) is 12.3. The highest BCUT2D eigenvalue weighted by molar-refractivity contribution is 6.28. The molecule has 2 heterocycles. The van der Waals surface area contributed by atoms with E-state index in [1.165, 1.54) is 82.2 Å². The van der Waals surface area contributed by atoms with Crippen LogP contribution >= 0.6 is 0 Å². The van der Waals surface area contributed by atoms with Gasteiger partial charge in [-0.25, -0.2) is 0 Å². The predicted octanol–water partition coefficient (Wildman–Crippen LogP) is 14.0. The van der Waals surface area contributed by atoms with Crippen molar-refractivity contribution in [2.75, 3.05) is 0 Å². The SMILES string of the molecule is CC1(C)c2ccccc2-c2cc3c(cc21)oc1ccc(-c2ccc4ccc5c(-c6ccc7oc8ccccc8c7c6)ccc6ccc2c4c65)cc13. The molecule has 0 atom stereocenters. The molecule has 0 bridgehead atoms. The summed E-state index contributed by atoms with van der Waals surface area (Å²) in [7, 11) is 0. The molecule has 238 valence electrons. The Hall–Kier alpha value is -6.38. The third-order valence-electron chi connectivity index (χ3n) is 11.8. The van der Waals surface area contributed by atoms with Gasteiger partial charge in [0, 0.05) is 27.0 Å². The molecule has 1 aliphatic rings. The van der Waals surface area contributed by atoms with Gasteiger partial charge in [0.1, 0.15) is 22.3 Å². The standard InChI is InChI=1S/C49H30O2/c1-49(2)41-9-5-3-7-33(41)37-25-40-39-24-30(16-22-45(39)51-46(40)26-42(37)49)32-18-12-28-13-19-35-31(17-11-27-14-20-36(32)48(28)47(27)35)29-15-21-44-38(23-29)34-8-4-6-10-43(34)50-44/h3-26H,1-2H3. The van der Waals surface area contributed by atoms with Crippen LogP contribution in [0.5, 0.6) is 0 Å². The van der Waals surface area contributed by atoms with Gasteiger partial charge < -0.3 is 8.83 Å². The van der Waals surface area contributed by atoms with E-state index in [1.807, 2.05) is 12.1 Å². The number of para-hydroxylation sites is 1. The molecule has 0 saturated heterocycles. The fraction of sp³-hybridized carbons (Fsp3) is 0.0612. The molecular weight excluding hydrogens is 621 g/mol. The average Bonchev–Trinajstić information content (AvgIpc) is 3.79. The zero-order valence-electron chi connectivity index (χ0n) is 28.2. The second kappa shape index (κ2) is 9.44. The average molecular weight is 651 g/mol. The third kappa shape index (κ3) is 3.56. The molecule has 0 fully saturated rings. The summed E-state index contributed by atoms with van der Waals surface area (Å²) >= 11 is 0. The first-order valence-corrected chi connectivity index (χ1v) is 17.7. The van der Waals surface area contributed by atoms with Crippen molar-refractivity contribution >= 4 is 76.2 Å². The van der Waals surface area contributed by atoms with Crippen molar-refractivity contribution < 1.29 is 8.83 Å². The first kappa shape index (κ1) is 27.4. The van der Waals surface area contributed by atoms with Crippen LogP contribution in [0.1, 0.15) is 25.0 Å². The third-order valence-corrected chi connectivity index (χ3v) is 11.8. The smallest absolute Gasteiger partial charge is 0.135 e. The van der Waals surface area contributed by atoms with Crippen LogP contribution < -0.4 is 0 Å². The maximum Gasteiger partial charge on any atom is 0.135 e. The van der Waals surface area contributed by atoms with Crippen LogP contribution in [0.4, 0.5) is 0 Å². The highest BCUT2D eigenvalue weighted by atomic mass is 16.3. The van der Waals surface area contributed by atoms with Gasteiger partial charge in [0.2, 0.25) is 0 Å². The molecule has 11 aromatic rings. The molecule has 51 heavy (non-hydrogen) atoms. The van der Waals surface area contributed by atoms with Crippen molar-refractivity contribution in [1.29, 1.82) is 0 Å². The lowest BCUT2D eigenvalue weighted by molar-refractivity contribution is 0.647. The van der Waals surface area contributed by atoms with E-state index >= 15 is 0 Å². The van der Waals surface area contributed by atoms with Crippen LogP contribution in [0.2, 0.25) is 0 Å². The predicted molar refractivity (Wildman–Crippen MR) is 213 cm³/mol. The van der Waals surface area contributed by atoms with Gasteiger partial charge in [0.15, 0.2) is 0 Å². The Morgan fingerprint density at radius 3 is 1.61 bits per heavy atom. The maximum absolute atomic E-state index is 6.54. The zero-order chi connectivity index (χ0) is 33.6. The zero-order valence-corrected chi connectivity index (χ0v) is 28.2. The number of benzene rings is 9. The van der Waals surface area contributed by atoms with Gasteiger partial charge in [0.25, 0.3) is 0 Å². The molecule has 0 amide bonds. The number of hydrogen-bond acceptors (Lipinski definition) is 2. The normalized spacial score (nSPS) is 13.8. The van der Waals surface area contributed by atoms with E-state index in [9.17, 15) is 0 Å². The van der Waals surface area contributed by atoms with Crippen molar-refractivity contribution in [3.8, 4) is 33.4 Å². The summed E-state index contributed by atoms with van der Waals surface area (Å²) < 4.78 is 12.7. The monoisotopic (exact) mass is 650 g/mol. The number of rotatable bonds is 2. The molecule has 0 spiro atoms. The molecule has 0 aliphatic heterocycles. The van der Waals surface area contributed by atoms with Gasteiger partial charge in [-0.05, 0) is 119 Å². The molecular formula is C49H30O2. The van der Waals surface area contributed by atoms with Gasteiger partial charge in [0.05, 0.1) is 0 Å². The Balaban J connectivity index is 1.06. The number of fused-ring (bicyclic) bond motifs is 9. The molecule has 0 saturated carbocycles. The van der Waals surface area contributed by atoms with Crippen molar-refractivity contribution in [1.82, 2.24) is 0 Å². The molecule has 0 radical (unpaired) electrons. The first-order chi connectivity index (χ1) is 25.0. The lowest BCUT2D eigenvalue weighted by Gasteiger charge is -2.21. The Labute approximate surface area is 293 Å². The fourth-order valence-corrected chi connectivity index (χ4v) is 9.34. The van der Waals surface area contributed by atoms with Crippen molar-refractivity contribution in [2.45, 2.75) is 19.3 Å². The van der Waals surface area contributed by atoms with Crippen molar-refractivity contribution in [3.05, 3.63) is 157 Å². The topological polar surface area (TPSA) is 26.3 Å². The Kier molecular flexibility index (Phi) is 5.08. The van der Waals surface area contributed by atoms with Crippen LogP contribution in [0, 0.1) is 0 Å². The van der Waals surface area contributed by atoms with E-state index < -0.39 is 0 Å². The lowest BCUT2D eigenvalue weighted by atomic mass is 9.82. The van der Waals surface area contributed by atoms with E-state index in [-0.39, 0.29) is 5.41 Å². The summed E-state index contributed by atoms with van der Waals surface area (Å²) in [6.07, 6.45) is 0. The lowest BCUT2D eigenvalue weighted by Crippen LogP contribution is -2.14. The van der Waals surface area contributed by atoms with E-state index in [0.29, 0.717) is 0 Å². The molecule has 0 unspecified atom stereocenters. The van der Waals surface area contributed by atoms with Crippen molar-refractivity contribution in [3.63, 3.8) is 0 Å². The van der Waals surface area contributed by atoms with E-state index in [0.717, 1.165) is 38.5 Å². The highest BCUT2D eigenvalue weighted by Crippen LogP contribution is 2.51. The summed E-state index contributed by atoms with van der Waals surface area (Å²) in [5.41, 5.74) is 13.9. The highest BCUT2D eigenvalue weighted by Gasteiger charge is 2.36. The molecule has 0 N–H and O–H groups in total. The summed E-state index contributed by atoms with van der Waals surface area (Å²) in [5.74, 6) is 0. The molecule has 2 nitrogen and oxygen atoms in total. The van der Waals surface area contributed by atoms with E-state index in [4.69, 9.17) is 8.83 Å². The number of furan rings is 2. The van der Waals surface area contributed by atoms with E-state index in [1.54, 1.807) is 0 Å². The second-order valence-electron chi connectivity index (χ2n) is 14.8. The molecule has 12 rings (SSSR count). The van der Waals surface area contributed by atoms with Crippen molar-refractivity contribution in [2.24, 2.45) is 0 Å². The molecule has 1 aliphatic carbocycles. The molecule has 2 aromatic heterocycles. The largest absolute Gasteiger partial charge is 0.456 e. The number of hydrogen-bond donors (Lipinski definition) is 0. The van der Waals surface area contributed by atoms with Crippen LogP contribution in [0.3, 0.4) is 0 Å². The quantitative estimate of drug-likeness (QED) is 0.174. The Bertz CT molecular complexity index is 3280. The van der Waals surface area contributed by atoms with Crippen LogP contribution in [0.25, 0.3) is 110 Å². The minimum atomic E-state index is -0.0633. The summed E-state index contributed by atoms with van der Waals surface area (Å²) in [4.78, 5) is 0.